The lowest BCUT2D eigenvalue weighted by atomic mass is 9.81. The number of fused-ring (bicyclic) bond motifs is 1. The van der Waals surface area contributed by atoms with Gasteiger partial charge in [0.1, 0.15) is 0 Å². The molecule has 1 saturated carbocycles. The summed E-state index contributed by atoms with van der Waals surface area (Å²) in [6.07, 6.45) is 3.24. The smallest absolute Gasteiger partial charge is 0.317 e. The number of amides is 2. The quantitative estimate of drug-likeness (QED) is 0.568. The molecule has 0 aromatic carbocycles. The van der Waals surface area contributed by atoms with Crippen molar-refractivity contribution >= 4 is 18.0 Å². The van der Waals surface area contributed by atoms with Crippen molar-refractivity contribution in [3.8, 4) is 0 Å². The van der Waals surface area contributed by atoms with E-state index in [2.05, 4.69) is 5.32 Å². The predicted octanol–water partition coefficient (Wildman–Crippen LogP) is 1.23. The Morgan fingerprint density at radius 2 is 2.18 bits per heavy atom. The Bertz CT molecular complexity index is 453. The molecule has 2 atom stereocenters. The second kappa shape index (κ2) is 6.98. The summed E-state index contributed by atoms with van der Waals surface area (Å²) in [4.78, 5) is 36.5. The van der Waals surface area contributed by atoms with E-state index in [1.165, 1.54) is 0 Å². The van der Waals surface area contributed by atoms with E-state index in [4.69, 9.17) is 4.74 Å². The van der Waals surface area contributed by atoms with Crippen LogP contribution in [0.1, 0.15) is 39.0 Å². The lowest BCUT2D eigenvalue weighted by molar-refractivity contribution is -0.149. The van der Waals surface area contributed by atoms with E-state index in [1.54, 1.807) is 11.8 Å². The minimum atomic E-state index is -0.785. The highest BCUT2D eigenvalue weighted by atomic mass is 16.5. The molecule has 0 spiro atoms. The first-order valence-electron chi connectivity index (χ1n) is 7.91. The number of nitrogens with one attached hydrogen (secondary N) is 1. The standard InChI is InChI=1S/C15H24N2O5/c1-2-22-12(18)6-4-8-16-14(21)17-9-11-5-3-7-15(11,10-17)13(19)20/h11H,2-10H2,1H3,(H,16,21)(H,19,20)/t11-,15+/m0/s1. The van der Waals surface area contributed by atoms with Gasteiger partial charge in [-0.3, -0.25) is 9.59 Å². The number of hydrogen-bond donors (Lipinski definition) is 2. The van der Waals surface area contributed by atoms with Crippen molar-refractivity contribution in [1.82, 2.24) is 10.2 Å². The number of aliphatic carboxylic acids is 1. The van der Waals surface area contributed by atoms with Crippen molar-refractivity contribution in [2.45, 2.75) is 39.0 Å². The van der Waals surface area contributed by atoms with Gasteiger partial charge in [-0.2, -0.15) is 0 Å². The first-order valence-corrected chi connectivity index (χ1v) is 7.91. The molecule has 22 heavy (non-hydrogen) atoms. The molecule has 2 aliphatic rings. The largest absolute Gasteiger partial charge is 0.481 e. The van der Waals surface area contributed by atoms with Gasteiger partial charge in [0, 0.05) is 26.1 Å². The molecule has 124 valence electrons. The molecule has 2 N–H and O–H groups in total. The Hall–Kier alpha value is -1.79. The van der Waals surface area contributed by atoms with Gasteiger partial charge in [-0.15, -0.1) is 0 Å². The third-order valence-electron chi connectivity index (χ3n) is 4.72. The minimum Gasteiger partial charge on any atom is -0.481 e. The van der Waals surface area contributed by atoms with Gasteiger partial charge in [-0.1, -0.05) is 6.42 Å². The summed E-state index contributed by atoms with van der Waals surface area (Å²) >= 11 is 0. The fraction of sp³-hybridized carbons (Fsp3) is 0.800. The van der Waals surface area contributed by atoms with Gasteiger partial charge in [0.15, 0.2) is 0 Å². The van der Waals surface area contributed by atoms with Crippen molar-refractivity contribution in [1.29, 1.82) is 0 Å². The maximum absolute atomic E-state index is 12.1. The van der Waals surface area contributed by atoms with Crippen LogP contribution in [0.4, 0.5) is 4.79 Å². The number of carboxylic acids is 1. The fourth-order valence-electron chi connectivity index (χ4n) is 3.57. The summed E-state index contributed by atoms with van der Waals surface area (Å²) in [5, 5.41) is 12.2. The van der Waals surface area contributed by atoms with Crippen LogP contribution >= 0.6 is 0 Å². The molecular formula is C15H24N2O5. The highest BCUT2D eigenvalue weighted by Gasteiger charge is 2.55. The van der Waals surface area contributed by atoms with Crippen LogP contribution in [0, 0.1) is 11.3 Å². The average Bonchev–Trinajstić information content (AvgIpc) is 3.01. The number of nitrogens with zero attached hydrogens (tertiary/aromatic N) is 1. The molecule has 1 aliphatic heterocycles. The van der Waals surface area contributed by atoms with E-state index in [1.807, 2.05) is 0 Å². The van der Waals surface area contributed by atoms with Gasteiger partial charge in [0.2, 0.25) is 0 Å². The third kappa shape index (κ3) is 3.34. The third-order valence-corrected chi connectivity index (χ3v) is 4.72. The van der Waals surface area contributed by atoms with Crippen LogP contribution in [0.25, 0.3) is 0 Å². The molecule has 0 aromatic rings. The zero-order valence-corrected chi connectivity index (χ0v) is 13.0. The summed E-state index contributed by atoms with van der Waals surface area (Å²) in [5.74, 6) is -0.986. The number of rotatable bonds is 6. The Labute approximate surface area is 130 Å². The van der Waals surface area contributed by atoms with Gasteiger partial charge in [-0.25, -0.2) is 4.79 Å². The van der Waals surface area contributed by atoms with Gasteiger partial charge < -0.3 is 20.1 Å². The van der Waals surface area contributed by atoms with Crippen molar-refractivity contribution in [2.75, 3.05) is 26.2 Å². The number of hydrogen-bond acceptors (Lipinski definition) is 4. The normalized spacial score (nSPS) is 26.6. The molecule has 0 unspecified atom stereocenters. The second-order valence-electron chi connectivity index (χ2n) is 6.07. The van der Waals surface area contributed by atoms with Crippen LogP contribution in [0.15, 0.2) is 0 Å². The monoisotopic (exact) mass is 312 g/mol. The van der Waals surface area contributed by atoms with E-state index < -0.39 is 11.4 Å². The molecule has 7 nitrogen and oxygen atoms in total. The number of carboxylic acid groups (broad SMARTS) is 1. The van der Waals surface area contributed by atoms with Crippen LogP contribution in [-0.4, -0.2) is 54.2 Å². The molecule has 1 aliphatic carbocycles. The molecule has 2 rings (SSSR count). The summed E-state index contributed by atoms with van der Waals surface area (Å²) in [5.41, 5.74) is -0.748. The molecule has 0 aromatic heterocycles. The number of esters is 1. The summed E-state index contributed by atoms with van der Waals surface area (Å²) in [6, 6.07) is -0.237. The number of carbonyl (C=O) groups is 3. The van der Waals surface area contributed by atoms with Crippen LogP contribution < -0.4 is 5.32 Å². The van der Waals surface area contributed by atoms with Gasteiger partial charge in [-0.05, 0) is 32.1 Å². The molecule has 0 bridgehead atoms. The fourth-order valence-corrected chi connectivity index (χ4v) is 3.57. The summed E-state index contributed by atoms with van der Waals surface area (Å²) < 4.78 is 4.81. The number of carbonyl (C=O) groups excluding carboxylic acids is 2. The van der Waals surface area contributed by atoms with Crippen LogP contribution in [-0.2, 0) is 14.3 Å². The SMILES string of the molecule is CCOC(=O)CCCNC(=O)N1C[C@@H]2CCC[C@@]2(C(=O)O)C1. The van der Waals surface area contributed by atoms with Crippen molar-refractivity contribution in [3.05, 3.63) is 0 Å². The van der Waals surface area contributed by atoms with Gasteiger partial charge in [0.05, 0.1) is 12.0 Å². The topological polar surface area (TPSA) is 95.9 Å². The van der Waals surface area contributed by atoms with E-state index in [-0.39, 0.29) is 30.9 Å². The van der Waals surface area contributed by atoms with E-state index in [0.717, 1.165) is 12.8 Å². The van der Waals surface area contributed by atoms with Crippen LogP contribution in [0.2, 0.25) is 0 Å². The lowest BCUT2D eigenvalue weighted by Gasteiger charge is -2.23. The number of ether oxygens (including phenoxy) is 1. The van der Waals surface area contributed by atoms with Gasteiger partial charge >= 0.3 is 18.0 Å². The highest BCUT2D eigenvalue weighted by molar-refractivity contribution is 5.80. The van der Waals surface area contributed by atoms with E-state index >= 15 is 0 Å². The maximum Gasteiger partial charge on any atom is 0.317 e. The van der Waals surface area contributed by atoms with E-state index in [0.29, 0.717) is 32.5 Å². The molecule has 2 amide bonds. The van der Waals surface area contributed by atoms with Crippen LogP contribution in [0.3, 0.4) is 0 Å². The Balaban J connectivity index is 1.75. The number of likely N-dealkylation sites (tertiary alicyclic amines) is 1. The summed E-state index contributed by atoms with van der Waals surface area (Å²) in [6.45, 7) is 3.30. The molecule has 1 saturated heterocycles. The number of urea groups is 1. The minimum absolute atomic E-state index is 0.0651. The lowest BCUT2D eigenvalue weighted by Crippen LogP contribution is -2.42. The molecular weight excluding hydrogens is 288 g/mol. The molecule has 2 fully saturated rings. The zero-order chi connectivity index (χ0) is 16.2. The predicted molar refractivity (Wildman–Crippen MR) is 78.2 cm³/mol. The first-order chi connectivity index (χ1) is 10.5. The zero-order valence-electron chi connectivity index (χ0n) is 13.0. The highest BCUT2D eigenvalue weighted by Crippen LogP contribution is 2.48. The van der Waals surface area contributed by atoms with Gasteiger partial charge in [0.25, 0.3) is 0 Å². The van der Waals surface area contributed by atoms with Crippen molar-refractivity contribution in [3.63, 3.8) is 0 Å². The molecule has 0 radical (unpaired) electrons. The average molecular weight is 312 g/mol. The van der Waals surface area contributed by atoms with Crippen molar-refractivity contribution < 1.29 is 24.2 Å². The summed E-state index contributed by atoms with van der Waals surface area (Å²) in [7, 11) is 0. The molecule has 1 heterocycles. The van der Waals surface area contributed by atoms with Crippen LogP contribution in [0.5, 0.6) is 0 Å². The van der Waals surface area contributed by atoms with Crippen molar-refractivity contribution in [2.24, 2.45) is 11.3 Å². The first kappa shape index (κ1) is 16.6. The maximum atomic E-state index is 12.1. The Morgan fingerprint density at radius 1 is 1.41 bits per heavy atom. The van der Waals surface area contributed by atoms with E-state index in [9.17, 15) is 19.5 Å². The Kier molecular flexibility index (Phi) is 5.26. The molecule has 7 heteroatoms. The second-order valence-corrected chi connectivity index (χ2v) is 6.07. The Morgan fingerprint density at radius 3 is 2.82 bits per heavy atom.